The standard InChI is InChI=1S/C15H22N2OS2.ClH/c1-19-8-6-12-2-4-13(5-3-12)17-15(18)10-14-11-20-9-7-16-14;/h2-5,14,16H,6-11H2,1H3,(H,17,18);1H. The van der Waals surface area contributed by atoms with Crippen LogP contribution in [-0.4, -0.2) is 42.0 Å². The molecule has 1 amide bonds. The van der Waals surface area contributed by atoms with E-state index >= 15 is 0 Å². The Balaban J connectivity index is 0.00000220. The van der Waals surface area contributed by atoms with Gasteiger partial charge in [-0.25, -0.2) is 0 Å². The maximum Gasteiger partial charge on any atom is 0.225 e. The smallest absolute Gasteiger partial charge is 0.225 e. The zero-order chi connectivity index (χ0) is 14.2. The van der Waals surface area contributed by atoms with E-state index in [1.165, 1.54) is 5.56 Å². The van der Waals surface area contributed by atoms with Crippen molar-refractivity contribution in [2.45, 2.75) is 18.9 Å². The van der Waals surface area contributed by atoms with Crippen LogP contribution in [0.15, 0.2) is 24.3 Å². The second kappa shape index (κ2) is 10.4. The lowest BCUT2D eigenvalue weighted by molar-refractivity contribution is -0.116. The van der Waals surface area contributed by atoms with Crippen LogP contribution in [-0.2, 0) is 11.2 Å². The molecule has 1 heterocycles. The third-order valence-corrected chi connectivity index (χ3v) is 5.01. The molecule has 1 saturated heterocycles. The Morgan fingerprint density at radius 2 is 2.19 bits per heavy atom. The van der Waals surface area contributed by atoms with Crippen LogP contribution in [0.25, 0.3) is 0 Å². The van der Waals surface area contributed by atoms with Gasteiger partial charge in [-0.05, 0) is 36.1 Å². The summed E-state index contributed by atoms with van der Waals surface area (Å²) in [4.78, 5) is 12.0. The zero-order valence-electron chi connectivity index (χ0n) is 12.3. The fourth-order valence-corrected chi connectivity index (χ4v) is 3.55. The summed E-state index contributed by atoms with van der Waals surface area (Å²) >= 11 is 3.77. The van der Waals surface area contributed by atoms with Gasteiger partial charge >= 0.3 is 0 Å². The number of aryl methyl sites for hydroxylation is 1. The van der Waals surface area contributed by atoms with Gasteiger partial charge in [0.1, 0.15) is 0 Å². The summed E-state index contributed by atoms with van der Waals surface area (Å²) in [7, 11) is 0. The van der Waals surface area contributed by atoms with Gasteiger partial charge in [-0.3, -0.25) is 4.79 Å². The van der Waals surface area contributed by atoms with Crippen molar-refractivity contribution in [1.82, 2.24) is 5.32 Å². The van der Waals surface area contributed by atoms with Crippen LogP contribution in [0.4, 0.5) is 5.69 Å². The van der Waals surface area contributed by atoms with Gasteiger partial charge in [0.05, 0.1) is 0 Å². The lowest BCUT2D eigenvalue weighted by Gasteiger charge is -2.22. The Labute approximate surface area is 141 Å². The molecule has 6 heteroatoms. The van der Waals surface area contributed by atoms with Gasteiger partial charge in [-0.15, -0.1) is 12.4 Å². The summed E-state index contributed by atoms with van der Waals surface area (Å²) in [5.74, 6) is 3.41. The molecule has 1 fully saturated rings. The number of thioether (sulfide) groups is 2. The highest BCUT2D eigenvalue weighted by atomic mass is 35.5. The van der Waals surface area contributed by atoms with Crippen molar-refractivity contribution in [1.29, 1.82) is 0 Å². The van der Waals surface area contributed by atoms with E-state index in [2.05, 4.69) is 29.0 Å². The molecule has 0 bridgehead atoms. The molecule has 1 aliphatic rings. The van der Waals surface area contributed by atoms with Gasteiger partial charge in [0.15, 0.2) is 0 Å². The van der Waals surface area contributed by atoms with Crippen LogP contribution in [0.2, 0.25) is 0 Å². The number of hydrogen-bond donors (Lipinski definition) is 2. The molecule has 0 aromatic heterocycles. The van der Waals surface area contributed by atoms with Crippen molar-refractivity contribution in [3.63, 3.8) is 0 Å². The first kappa shape index (κ1) is 18.7. The fourth-order valence-electron chi connectivity index (χ4n) is 2.16. The van der Waals surface area contributed by atoms with Crippen LogP contribution in [0.5, 0.6) is 0 Å². The monoisotopic (exact) mass is 346 g/mol. The third kappa shape index (κ3) is 6.96. The van der Waals surface area contributed by atoms with Crippen molar-refractivity contribution in [2.24, 2.45) is 0 Å². The molecule has 0 saturated carbocycles. The summed E-state index contributed by atoms with van der Waals surface area (Å²) in [6, 6.07) is 8.50. The fraction of sp³-hybridized carbons (Fsp3) is 0.533. The number of rotatable bonds is 6. The maximum absolute atomic E-state index is 12.0. The van der Waals surface area contributed by atoms with Crippen LogP contribution >= 0.6 is 35.9 Å². The van der Waals surface area contributed by atoms with Gasteiger partial charge in [-0.1, -0.05) is 12.1 Å². The molecule has 1 unspecified atom stereocenters. The summed E-state index contributed by atoms with van der Waals surface area (Å²) in [5, 5.41) is 6.36. The Morgan fingerprint density at radius 3 is 2.81 bits per heavy atom. The minimum absolute atomic E-state index is 0. The number of anilines is 1. The molecule has 1 atom stereocenters. The number of benzene rings is 1. The highest BCUT2D eigenvalue weighted by molar-refractivity contribution is 7.99. The van der Waals surface area contributed by atoms with E-state index in [-0.39, 0.29) is 18.3 Å². The predicted octanol–water partition coefficient (Wildman–Crippen LogP) is 3.05. The van der Waals surface area contributed by atoms with E-state index in [1.807, 2.05) is 35.7 Å². The van der Waals surface area contributed by atoms with E-state index in [9.17, 15) is 4.79 Å². The summed E-state index contributed by atoms with van der Waals surface area (Å²) in [6.07, 6.45) is 3.76. The van der Waals surface area contributed by atoms with Crippen molar-refractivity contribution in [3.05, 3.63) is 29.8 Å². The first-order valence-electron chi connectivity index (χ1n) is 6.97. The highest BCUT2D eigenvalue weighted by Crippen LogP contribution is 2.14. The largest absolute Gasteiger partial charge is 0.326 e. The van der Waals surface area contributed by atoms with E-state index in [1.54, 1.807) is 0 Å². The molecule has 21 heavy (non-hydrogen) atoms. The summed E-state index contributed by atoms with van der Waals surface area (Å²) in [6.45, 7) is 1.01. The topological polar surface area (TPSA) is 41.1 Å². The number of hydrogen-bond acceptors (Lipinski definition) is 4. The van der Waals surface area contributed by atoms with Gasteiger partial charge in [-0.2, -0.15) is 23.5 Å². The van der Waals surface area contributed by atoms with E-state index in [0.29, 0.717) is 12.5 Å². The Kier molecular flexibility index (Phi) is 9.24. The average molecular weight is 347 g/mol. The van der Waals surface area contributed by atoms with Crippen LogP contribution in [0.1, 0.15) is 12.0 Å². The molecule has 1 aromatic rings. The zero-order valence-corrected chi connectivity index (χ0v) is 14.7. The Bertz CT molecular complexity index is 422. The number of halogens is 1. The molecule has 3 nitrogen and oxygen atoms in total. The molecular weight excluding hydrogens is 324 g/mol. The highest BCUT2D eigenvalue weighted by Gasteiger charge is 2.16. The SMILES string of the molecule is CSCCc1ccc(NC(=O)CC2CSCCN2)cc1.Cl. The quantitative estimate of drug-likeness (QED) is 0.830. The molecule has 0 aliphatic carbocycles. The van der Waals surface area contributed by atoms with E-state index in [0.717, 1.165) is 35.9 Å². The molecule has 1 aliphatic heterocycles. The van der Waals surface area contributed by atoms with E-state index in [4.69, 9.17) is 0 Å². The normalized spacial score (nSPS) is 17.9. The van der Waals surface area contributed by atoms with Crippen LogP contribution in [0, 0.1) is 0 Å². The number of nitrogens with one attached hydrogen (secondary N) is 2. The van der Waals surface area contributed by atoms with Crippen molar-refractivity contribution in [3.8, 4) is 0 Å². The third-order valence-electron chi connectivity index (χ3n) is 3.26. The molecule has 2 N–H and O–H groups in total. The minimum Gasteiger partial charge on any atom is -0.326 e. The number of amides is 1. The molecule has 2 rings (SSSR count). The number of carbonyl (C=O) groups excluding carboxylic acids is 1. The lowest BCUT2D eigenvalue weighted by Crippen LogP contribution is -2.39. The van der Waals surface area contributed by atoms with Gasteiger partial charge in [0.2, 0.25) is 5.91 Å². The average Bonchev–Trinajstić information content (AvgIpc) is 2.47. The summed E-state index contributed by atoms with van der Waals surface area (Å²) < 4.78 is 0. The Hall–Kier alpha value is -0.360. The van der Waals surface area contributed by atoms with Crippen molar-refractivity contribution < 1.29 is 4.79 Å². The van der Waals surface area contributed by atoms with Gasteiger partial charge < -0.3 is 10.6 Å². The lowest BCUT2D eigenvalue weighted by atomic mass is 10.1. The number of carbonyl (C=O) groups is 1. The second-order valence-corrected chi connectivity index (χ2v) is 7.05. The first-order valence-corrected chi connectivity index (χ1v) is 9.51. The molecule has 1 aromatic carbocycles. The van der Waals surface area contributed by atoms with Crippen LogP contribution < -0.4 is 10.6 Å². The molecule has 0 radical (unpaired) electrons. The van der Waals surface area contributed by atoms with Crippen LogP contribution in [0.3, 0.4) is 0 Å². The van der Waals surface area contributed by atoms with E-state index < -0.39 is 0 Å². The second-order valence-electron chi connectivity index (χ2n) is 4.92. The molecule has 118 valence electrons. The summed E-state index contributed by atoms with van der Waals surface area (Å²) in [5.41, 5.74) is 2.22. The van der Waals surface area contributed by atoms with Crippen molar-refractivity contribution in [2.75, 3.05) is 35.4 Å². The van der Waals surface area contributed by atoms with Crippen molar-refractivity contribution >= 4 is 47.5 Å². The Morgan fingerprint density at radius 1 is 1.43 bits per heavy atom. The predicted molar refractivity (Wildman–Crippen MR) is 98.1 cm³/mol. The van der Waals surface area contributed by atoms with Gasteiger partial charge in [0.25, 0.3) is 0 Å². The first-order chi connectivity index (χ1) is 9.78. The molecule has 0 spiro atoms. The molecular formula is C15H23ClN2OS2. The minimum atomic E-state index is 0. The van der Waals surface area contributed by atoms with Gasteiger partial charge in [0, 0.05) is 36.2 Å². The maximum atomic E-state index is 12.0.